The first-order chi connectivity index (χ1) is 12.4. The zero-order valence-electron chi connectivity index (χ0n) is 16.2. The summed E-state index contributed by atoms with van der Waals surface area (Å²) in [5.74, 6) is 0.891. The maximum absolute atomic E-state index is 12.1. The summed E-state index contributed by atoms with van der Waals surface area (Å²) in [5.41, 5.74) is 0.659. The van der Waals surface area contributed by atoms with Crippen LogP contribution in [0, 0.1) is 5.41 Å². The van der Waals surface area contributed by atoms with Crippen molar-refractivity contribution in [3.05, 3.63) is 29.3 Å². The molecular weight excluding hydrogens is 350 g/mol. The Balaban J connectivity index is 1.89. The van der Waals surface area contributed by atoms with E-state index in [1.165, 1.54) is 0 Å². The molecule has 6 nitrogen and oxygen atoms in total. The van der Waals surface area contributed by atoms with Crippen LogP contribution >= 0.6 is 11.6 Å². The molecule has 1 aromatic rings. The molecule has 0 aliphatic carbocycles. The van der Waals surface area contributed by atoms with Crippen LogP contribution in [0.3, 0.4) is 0 Å². The molecule has 1 aliphatic rings. The summed E-state index contributed by atoms with van der Waals surface area (Å²) in [5, 5.41) is 7.00. The third-order valence-corrected chi connectivity index (χ3v) is 4.84. The van der Waals surface area contributed by atoms with Crippen molar-refractivity contribution in [1.82, 2.24) is 15.5 Å². The van der Waals surface area contributed by atoms with Gasteiger partial charge in [-0.2, -0.15) is 0 Å². The average Bonchev–Trinajstić information content (AvgIpc) is 2.63. The van der Waals surface area contributed by atoms with Crippen molar-refractivity contribution < 1.29 is 4.79 Å². The van der Waals surface area contributed by atoms with E-state index in [9.17, 15) is 4.79 Å². The topological polar surface area (TPSA) is 60.0 Å². The van der Waals surface area contributed by atoms with Crippen molar-refractivity contribution in [2.24, 2.45) is 10.4 Å². The third-order valence-electron chi connectivity index (χ3n) is 4.60. The van der Waals surface area contributed by atoms with Crippen molar-refractivity contribution in [3.8, 4) is 0 Å². The lowest BCUT2D eigenvalue weighted by molar-refractivity contribution is -0.128. The van der Waals surface area contributed by atoms with Gasteiger partial charge in [-0.3, -0.25) is 9.79 Å². The summed E-state index contributed by atoms with van der Waals surface area (Å²) in [6.07, 6.45) is 0. The number of nitrogens with one attached hydrogen (secondary N) is 2. The highest BCUT2D eigenvalue weighted by Crippen LogP contribution is 2.21. The van der Waals surface area contributed by atoms with Crippen molar-refractivity contribution in [1.29, 1.82) is 0 Å². The molecule has 0 aromatic heterocycles. The van der Waals surface area contributed by atoms with Gasteiger partial charge in [0, 0.05) is 57.0 Å². The largest absolute Gasteiger partial charge is 0.368 e. The molecule has 0 saturated carbocycles. The van der Waals surface area contributed by atoms with Crippen molar-refractivity contribution >= 4 is 29.2 Å². The molecule has 26 heavy (non-hydrogen) atoms. The van der Waals surface area contributed by atoms with Crippen molar-refractivity contribution in [2.45, 2.75) is 20.8 Å². The minimum atomic E-state index is -0.492. The van der Waals surface area contributed by atoms with Gasteiger partial charge < -0.3 is 20.4 Å². The lowest BCUT2D eigenvalue weighted by Gasteiger charge is -2.38. The highest BCUT2D eigenvalue weighted by atomic mass is 35.5. The fourth-order valence-electron chi connectivity index (χ4n) is 2.96. The summed E-state index contributed by atoms with van der Waals surface area (Å²) in [6, 6.07) is 7.96. The third kappa shape index (κ3) is 5.27. The smallest absolute Gasteiger partial charge is 0.227 e. The Morgan fingerprint density at radius 2 is 1.92 bits per heavy atom. The molecule has 0 radical (unpaired) electrons. The number of guanidine groups is 1. The molecule has 2 rings (SSSR count). The molecule has 0 unspecified atom stereocenters. The van der Waals surface area contributed by atoms with Crippen LogP contribution in [0.5, 0.6) is 0 Å². The molecule has 1 amide bonds. The Labute approximate surface area is 161 Å². The number of carbonyl (C=O) groups excluding carboxylic acids is 1. The van der Waals surface area contributed by atoms with E-state index in [1.807, 2.05) is 39.0 Å². The highest BCUT2D eigenvalue weighted by Gasteiger charge is 2.28. The predicted octanol–water partition coefficient (Wildman–Crippen LogP) is 2.20. The molecule has 7 heteroatoms. The van der Waals surface area contributed by atoms with Crippen LogP contribution in [0.25, 0.3) is 0 Å². The van der Waals surface area contributed by atoms with E-state index in [0.29, 0.717) is 13.1 Å². The molecule has 1 fully saturated rings. The van der Waals surface area contributed by atoms with Gasteiger partial charge in [-0.15, -0.1) is 0 Å². The monoisotopic (exact) mass is 379 g/mol. The highest BCUT2D eigenvalue weighted by molar-refractivity contribution is 6.30. The first-order valence-electron chi connectivity index (χ1n) is 9.12. The van der Waals surface area contributed by atoms with Gasteiger partial charge in [-0.05, 0) is 39.0 Å². The molecule has 2 N–H and O–H groups in total. The van der Waals surface area contributed by atoms with Gasteiger partial charge in [0.1, 0.15) is 0 Å². The Hall–Kier alpha value is -1.95. The first kappa shape index (κ1) is 20.4. The number of carbonyl (C=O) groups is 1. The van der Waals surface area contributed by atoms with E-state index in [2.05, 4.69) is 31.5 Å². The Kier molecular flexibility index (Phi) is 7.14. The van der Waals surface area contributed by atoms with Gasteiger partial charge in [0.05, 0.1) is 5.41 Å². The summed E-state index contributed by atoms with van der Waals surface area (Å²) >= 11 is 6.10. The van der Waals surface area contributed by atoms with Gasteiger partial charge in [0.25, 0.3) is 0 Å². The van der Waals surface area contributed by atoms with Gasteiger partial charge in [-0.25, -0.2) is 0 Å². The molecule has 1 aliphatic heterocycles. The van der Waals surface area contributed by atoms with Crippen LogP contribution in [0.4, 0.5) is 5.69 Å². The summed E-state index contributed by atoms with van der Waals surface area (Å²) in [6.45, 7) is 10.5. The van der Waals surface area contributed by atoms with Gasteiger partial charge in [0.15, 0.2) is 5.96 Å². The molecule has 1 heterocycles. The van der Waals surface area contributed by atoms with Gasteiger partial charge in [0.2, 0.25) is 5.91 Å². The van der Waals surface area contributed by atoms with E-state index in [1.54, 1.807) is 7.05 Å². The van der Waals surface area contributed by atoms with E-state index in [0.717, 1.165) is 42.8 Å². The SMILES string of the molecule is CCNC(=O)C(C)(C)CNC(=NC)N1CCN(c2cccc(Cl)c2)CC1. The van der Waals surface area contributed by atoms with E-state index < -0.39 is 5.41 Å². The number of benzene rings is 1. The normalized spacial score (nSPS) is 15.8. The zero-order chi connectivity index (χ0) is 19.2. The molecule has 0 atom stereocenters. The lowest BCUT2D eigenvalue weighted by atomic mass is 9.92. The fraction of sp³-hybridized carbons (Fsp3) is 0.579. The lowest BCUT2D eigenvalue weighted by Crippen LogP contribution is -2.54. The van der Waals surface area contributed by atoms with Crippen LogP contribution in [0.2, 0.25) is 5.02 Å². The van der Waals surface area contributed by atoms with Gasteiger partial charge >= 0.3 is 0 Å². The summed E-state index contributed by atoms with van der Waals surface area (Å²) in [4.78, 5) is 21.1. The number of hydrogen-bond donors (Lipinski definition) is 2. The van der Waals surface area contributed by atoms with Crippen LogP contribution < -0.4 is 15.5 Å². The molecular formula is C19H30ClN5O. The number of piperazine rings is 1. The minimum absolute atomic E-state index is 0.0497. The van der Waals surface area contributed by atoms with Gasteiger partial charge in [-0.1, -0.05) is 17.7 Å². The fourth-order valence-corrected chi connectivity index (χ4v) is 3.15. The number of nitrogens with zero attached hydrogens (tertiary/aromatic N) is 3. The number of aliphatic imine (C=N–C) groups is 1. The molecule has 0 bridgehead atoms. The Morgan fingerprint density at radius 1 is 1.23 bits per heavy atom. The number of rotatable bonds is 5. The second kappa shape index (κ2) is 9.12. The van der Waals surface area contributed by atoms with E-state index in [-0.39, 0.29) is 5.91 Å². The zero-order valence-corrected chi connectivity index (χ0v) is 16.9. The minimum Gasteiger partial charge on any atom is -0.368 e. The summed E-state index contributed by atoms with van der Waals surface area (Å²) in [7, 11) is 1.78. The molecule has 1 aromatic carbocycles. The van der Waals surface area contributed by atoms with E-state index >= 15 is 0 Å². The Bertz CT molecular complexity index is 639. The van der Waals surface area contributed by atoms with Crippen molar-refractivity contribution in [2.75, 3.05) is 51.2 Å². The maximum Gasteiger partial charge on any atom is 0.227 e. The number of amides is 1. The average molecular weight is 380 g/mol. The molecule has 0 spiro atoms. The number of hydrogen-bond acceptors (Lipinski definition) is 3. The number of anilines is 1. The second-order valence-electron chi connectivity index (χ2n) is 7.10. The number of halogens is 1. The molecule has 144 valence electrons. The first-order valence-corrected chi connectivity index (χ1v) is 9.49. The van der Waals surface area contributed by atoms with Crippen molar-refractivity contribution in [3.63, 3.8) is 0 Å². The van der Waals surface area contributed by atoms with Crippen LogP contribution in [-0.2, 0) is 4.79 Å². The quantitative estimate of drug-likeness (QED) is 0.608. The van der Waals surface area contributed by atoms with Crippen LogP contribution in [0.15, 0.2) is 29.3 Å². The molecule has 1 saturated heterocycles. The summed E-state index contributed by atoms with van der Waals surface area (Å²) < 4.78 is 0. The predicted molar refractivity (Wildman–Crippen MR) is 109 cm³/mol. The second-order valence-corrected chi connectivity index (χ2v) is 7.53. The standard InChI is InChI=1S/C19H30ClN5O/c1-5-22-17(26)19(2,3)14-23-18(21-4)25-11-9-24(10-12-25)16-8-6-7-15(20)13-16/h6-8,13H,5,9-12,14H2,1-4H3,(H,21,23)(H,22,26). The Morgan fingerprint density at radius 3 is 2.50 bits per heavy atom. The van der Waals surface area contributed by atoms with E-state index in [4.69, 9.17) is 11.6 Å². The van der Waals surface area contributed by atoms with Crippen LogP contribution in [0.1, 0.15) is 20.8 Å². The maximum atomic E-state index is 12.1. The van der Waals surface area contributed by atoms with Crippen LogP contribution in [-0.4, -0.2) is 63.1 Å².